The van der Waals surface area contributed by atoms with Crippen molar-refractivity contribution >= 4 is 5.91 Å². The van der Waals surface area contributed by atoms with Gasteiger partial charge in [-0.2, -0.15) is 0 Å². The highest BCUT2D eigenvalue weighted by Gasteiger charge is 2.24. The number of nitrogens with zero attached hydrogens (tertiary/aromatic N) is 2. The van der Waals surface area contributed by atoms with E-state index in [9.17, 15) is 4.79 Å². The van der Waals surface area contributed by atoms with Crippen LogP contribution in [0.25, 0.3) is 0 Å². The molecular weight excluding hydrogens is 202 g/mol. The van der Waals surface area contributed by atoms with Gasteiger partial charge < -0.3 is 10.2 Å². The average molecular weight is 227 g/mol. The van der Waals surface area contributed by atoms with Gasteiger partial charge in [-0.15, -0.1) is 0 Å². The van der Waals surface area contributed by atoms with E-state index in [1.165, 1.54) is 0 Å². The standard InChI is InChI=1S/C12H25N3O/c1-5-15(9-12(16)14(3)4)11-6-7-13-10(2)8-11/h10-11,13H,5-9H2,1-4H3. The Hall–Kier alpha value is -0.610. The molecule has 0 bridgehead atoms. The van der Waals surface area contributed by atoms with E-state index in [1.807, 2.05) is 14.1 Å². The molecule has 0 aromatic rings. The molecule has 1 aliphatic rings. The van der Waals surface area contributed by atoms with Crippen molar-refractivity contribution in [1.82, 2.24) is 15.1 Å². The maximum atomic E-state index is 11.7. The fourth-order valence-electron chi connectivity index (χ4n) is 2.25. The number of carbonyl (C=O) groups excluding carboxylic acids is 1. The van der Waals surface area contributed by atoms with Crippen molar-refractivity contribution in [1.29, 1.82) is 0 Å². The molecular formula is C12H25N3O. The lowest BCUT2D eigenvalue weighted by Gasteiger charge is -2.36. The van der Waals surface area contributed by atoms with Gasteiger partial charge in [0.25, 0.3) is 0 Å². The van der Waals surface area contributed by atoms with E-state index in [0.717, 1.165) is 25.9 Å². The summed E-state index contributed by atoms with van der Waals surface area (Å²) >= 11 is 0. The van der Waals surface area contributed by atoms with Gasteiger partial charge in [0.15, 0.2) is 0 Å². The van der Waals surface area contributed by atoms with Crippen LogP contribution >= 0.6 is 0 Å². The third-order valence-electron chi connectivity index (χ3n) is 3.36. The average Bonchev–Trinajstić information content (AvgIpc) is 2.25. The Labute approximate surface area is 99.0 Å². The molecule has 2 atom stereocenters. The SMILES string of the molecule is CCN(CC(=O)N(C)C)C1CCNC(C)C1. The first-order chi connectivity index (χ1) is 7.54. The smallest absolute Gasteiger partial charge is 0.236 e. The predicted octanol–water partition coefficient (Wildman–Crippen LogP) is 0.537. The van der Waals surface area contributed by atoms with Gasteiger partial charge in [-0.25, -0.2) is 0 Å². The Bertz CT molecular complexity index is 230. The topological polar surface area (TPSA) is 35.6 Å². The second-order valence-electron chi connectivity index (χ2n) is 4.88. The van der Waals surface area contributed by atoms with Crippen LogP contribution in [0.2, 0.25) is 0 Å². The van der Waals surface area contributed by atoms with Crippen molar-refractivity contribution in [2.45, 2.75) is 38.8 Å². The van der Waals surface area contributed by atoms with Crippen LogP contribution in [-0.2, 0) is 4.79 Å². The molecule has 0 spiro atoms. The molecule has 2 unspecified atom stereocenters. The highest BCUT2D eigenvalue weighted by molar-refractivity contribution is 5.77. The third-order valence-corrected chi connectivity index (χ3v) is 3.36. The van der Waals surface area contributed by atoms with Gasteiger partial charge in [-0.1, -0.05) is 6.92 Å². The number of rotatable bonds is 4. The molecule has 16 heavy (non-hydrogen) atoms. The molecule has 0 radical (unpaired) electrons. The second kappa shape index (κ2) is 6.21. The lowest BCUT2D eigenvalue weighted by molar-refractivity contribution is -0.130. The summed E-state index contributed by atoms with van der Waals surface area (Å²) in [5, 5.41) is 3.44. The fraction of sp³-hybridized carbons (Fsp3) is 0.917. The molecule has 1 saturated heterocycles. The summed E-state index contributed by atoms with van der Waals surface area (Å²) < 4.78 is 0. The summed E-state index contributed by atoms with van der Waals surface area (Å²) in [4.78, 5) is 15.7. The zero-order valence-electron chi connectivity index (χ0n) is 11.0. The second-order valence-corrected chi connectivity index (χ2v) is 4.88. The lowest BCUT2D eigenvalue weighted by atomic mass is 9.99. The molecule has 4 nitrogen and oxygen atoms in total. The molecule has 4 heteroatoms. The van der Waals surface area contributed by atoms with Gasteiger partial charge in [0, 0.05) is 26.2 Å². The van der Waals surface area contributed by atoms with Gasteiger partial charge in [0.05, 0.1) is 6.54 Å². The maximum Gasteiger partial charge on any atom is 0.236 e. The number of nitrogens with one attached hydrogen (secondary N) is 1. The van der Waals surface area contributed by atoms with E-state index >= 15 is 0 Å². The molecule has 1 rings (SSSR count). The Morgan fingerprint density at radius 2 is 2.12 bits per heavy atom. The van der Waals surface area contributed by atoms with E-state index in [-0.39, 0.29) is 5.91 Å². The molecule has 1 heterocycles. The molecule has 1 N–H and O–H groups in total. The minimum absolute atomic E-state index is 0.202. The third kappa shape index (κ3) is 3.76. The summed E-state index contributed by atoms with van der Waals surface area (Å²) in [5.41, 5.74) is 0. The number of likely N-dealkylation sites (N-methyl/N-ethyl adjacent to an activating group) is 2. The van der Waals surface area contributed by atoms with Crippen molar-refractivity contribution in [2.75, 3.05) is 33.7 Å². The molecule has 1 amide bonds. The Morgan fingerprint density at radius 1 is 1.44 bits per heavy atom. The van der Waals surface area contributed by atoms with Crippen molar-refractivity contribution < 1.29 is 4.79 Å². The van der Waals surface area contributed by atoms with Crippen molar-refractivity contribution in [2.24, 2.45) is 0 Å². The summed E-state index contributed by atoms with van der Waals surface area (Å²) in [7, 11) is 3.64. The van der Waals surface area contributed by atoms with E-state index in [4.69, 9.17) is 0 Å². The zero-order chi connectivity index (χ0) is 12.1. The van der Waals surface area contributed by atoms with E-state index in [0.29, 0.717) is 18.6 Å². The quantitative estimate of drug-likeness (QED) is 0.761. The number of amides is 1. The largest absolute Gasteiger partial charge is 0.348 e. The van der Waals surface area contributed by atoms with E-state index in [2.05, 4.69) is 24.1 Å². The molecule has 0 aromatic carbocycles. The zero-order valence-corrected chi connectivity index (χ0v) is 11.0. The van der Waals surface area contributed by atoms with E-state index in [1.54, 1.807) is 4.90 Å². The summed E-state index contributed by atoms with van der Waals surface area (Å²) in [5.74, 6) is 0.202. The van der Waals surface area contributed by atoms with Crippen molar-refractivity contribution in [3.63, 3.8) is 0 Å². The molecule has 0 aliphatic carbocycles. The fourth-order valence-corrected chi connectivity index (χ4v) is 2.25. The normalized spacial score (nSPS) is 25.8. The molecule has 1 fully saturated rings. The number of piperidine rings is 1. The van der Waals surface area contributed by atoms with Gasteiger partial charge in [0.2, 0.25) is 5.91 Å². The number of hydrogen-bond donors (Lipinski definition) is 1. The lowest BCUT2D eigenvalue weighted by Crippen LogP contribution is -2.49. The first-order valence-corrected chi connectivity index (χ1v) is 6.22. The van der Waals surface area contributed by atoms with Crippen LogP contribution in [-0.4, -0.2) is 61.5 Å². The molecule has 94 valence electrons. The minimum atomic E-state index is 0.202. The van der Waals surface area contributed by atoms with Crippen molar-refractivity contribution in [3.8, 4) is 0 Å². The molecule has 0 saturated carbocycles. The highest BCUT2D eigenvalue weighted by atomic mass is 16.2. The monoisotopic (exact) mass is 227 g/mol. The number of carbonyl (C=O) groups is 1. The summed E-state index contributed by atoms with van der Waals surface area (Å²) in [6.45, 7) is 6.93. The van der Waals surface area contributed by atoms with Crippen molar-refractivity contribution in [3.05, 3.63) is 0 Å². The van der Waals surface area contributed by atoms with Crippen LogP contribution in [0, 0.1) is 0 Å². The maximum absolute atomic E-state index is 11.7. The van der Waals surface area contributed by atoms with Gasteiger partial charge >= 0.3 is 0 Å². The Balaban J connectivity index is 2.49. The van der Waals surface area contributed by atoms with Crippen LogP contribution in [0.3, 0.4) is 0 Å². The Morgan fingerprint density at radius 3 is 2.62 bits per heavy atom. The van der Waals surface area contributed by atoms with Crippen LogP contribution < -0.4 is 5.32 Å². The highest BCUT2D eigenvalue weighted by Crippen LogP contribution is 2.15. The Kier molecular flexibility index (Phi) is 5.22. The molecule has 1 aliphatic heterocycles. The van der Waals surface area contributed by atoms with E-state index < -0.39 is 0 Å². The summed E-state index contributed by atoms with van der Waals surface area (Å²) in [6, 6.07) is 1.13. The van der Waals surface area contributed by atoms with Crippen LogP contribution in [0.5, 0.6) is 0 Å². The first kappa shape index (κ1) is 13.5. The predicted molar refractivity (Wildman–Crippen MR) is 66.4 cm³/mol. The van der Waals surface area contributed by atoms with Gasteiger partial charge in [0.1, 0.15) is 0 Å². The number of hydrogen-bond acceptors (Lipinski definition) is 3. The van der Waals surface area contributed by atoms with Gasteiger partial charge in [-0.3, -0.25) is 9.69 Å². The van der Waals surface area contributed by atoms with Crippen LogP contribution in [0.1, 0.15) is 26.7 Å². The molecule has 0 aromatic heterocycles. The summed E-state index contributed by atoms with van der Waals surface area (Å²) in [6.07, 6.45) is 2.30. The van der Waals surface area contributed by atoms with Crippen LogP contribution in [0.15, 0.2) is 0 Å². The van der Waals surface area contributed by atoms with Crippen LogP contribution in [0.4, 0.5) is 0 Å². The van der Waals surface area contributed by atoms with Gasteiger partial charge in [-0.05, 0) is 32.9 Å². The first-order valence-electron chi connectivity index (χ1n) is 6.22. The minimum Gasteiger partial charge on any atom is -0.348 e.